The molecular weight excluding hydrogens is 481 g/mol. The van der Waals surface area contributed by atoms with Crippen molar-refractivity contribution in [2.45, 2.75) is 44.9 Å². The van der Waals surface area contributed by atoms with Gasteiger partial charge in [0.2, 0.25) is 0 Å². The van der Waals surface area contributed by atoms with Crippen LogP contribution in [0.2, 0.25) is 0 Å². The van der Waals surface area contributed by atoms with Gasteiger partial charge in [-0.1, -0.05) is 24.3 Å². The average Bonchev–Trinajstić information content (AvgIpc) is 3.20. The van der Waals surface area contributed by atoms with E-state index in [0.717, 1.165) is 17.3 Å². The van der Waals surface area contributed by atoms with Crippen LogP contribution >= 0.6 is 0 Å². The highest BCUT2D eigenvalue weighted by Gasteiger charge is 2.47. The highest BCUT2D eigenvalue weighted by molar-refractivity contribution is 5.90. The number of piperidine rings is 1. The quantitative estimate of drug-likeness (QED) is 0.353. The molecule has 0 bridgehead atoms. The van der Waals surface area contributed by atoms with E-state index in [0.29, 0.717) is 50.3 Å². The van der Waals surface area contributed by atoms with E-state index in [-0.39, 0.29) is 17.8 Å². The number of anilines is 1. The molecule has 2 heterocycles. The molecule has 0 saturated carbocycles. The Kier molecular flexibility index (Phi) is 6.86. The lowest BCUT2D eigenvalue weighted by Crippen LogP contribution is -2.46. The smallest absolute Gasteiger partial charge is 0.415 e. The van der Waals surface area contributed by atoms with Crippen LogP contribution < -0.4 is 9.64 Å². The van der Waals surface area contributed by atoms with Gasteiger partial charge in [-0.3, -0.25) is 9.80 Å². The summed E-state index contributed by atoms with van der Waals surface area (Å²) in [6.07, 6.45) is 0.908. The van der Waals surface area contributed by atoms with Gasteiger partial charge < -0.3 is 9.47 Å². The monoisotopic (exact) mass is 510 g/mol. The van der Waals surface area contributed by atoms with Gasteiger partial charge in [0.1, 0.15) is 11.4 Å². The SMILES string of the molecule is CC(C)Oc1ccc(-c2ccc(F)c(F)c2F)c(CN2CCC3(CC2)CN(c2ccccc2)C(=O)O3)c1. The zero-order chi connectivity index (χ0) is 26.2. The van der Waals surface area contributed by atoms with Gasteiger partial charge in [-0.05, 0) is 61.4 Å². The van der Waals surface area contributed by atoms with Crippen LogP contribution in [0.5, 0.6) is 5.75 Å². The fourth-order valence-electron chi connectivity index (χ4n) is 5.09. The maximum atomic E-state index is 14.7. The van der Waals surface area contributed by atoms with Crippen molar-refractivity contribution in [1.29, 1.82) is 0 Å². The molecule has 1 spiro atoms. The van der Waals surface area contributed by atoms with Gasteiger partial charge in [0.25, 0.3) is 0 Å². The fraction of sp³-hybridized carbons (Fsp3) is 0.345. The number of nitrogens with zero attached hydrogens (tertiary/aromatic N) is 2. The van der Waals surface area contributed by atoms with Gasteiger partial charge in [0.15, 0.2) is 17.5 Å². The molecule has 37 heavy (non-hydrogen) atoms. The van der Waals surface area contributed by atoms with Crippen molar-refractivity contribution in [2.75, 3.05) is 24.5 Å². The number of hydrogen-bond acceptors (Lipinski definition) is 4. The molecule has 3 aromatic carbocycles. The minimum absolute atomic E-state index is 0.00158. The molecule has 194 valence electrons. The van der Waals surface area contributed by atoms with Gasteiger partial charge in [-0.15, -0.1) is 0 Å². The molecule has 0 radical (unpaired) electrons. The van der Waals surface area contributed by atoms with E-state index in [2.05, 4.69) is 4.90 Å². The molecule has 5 rings (SSSR count). The summed E-state index contributed by atoms with van der Waals surface area (Å²) in [5.41, 5.74) is 1.48. The van der Waals surface area contributed by atoms with Gasteiger partial charge in [-0.2, -0.15) is 0 Å². The Hall–Kier alpha value is -3.52. The van der Waals surface area contributed by atoms with Gasteiger partial charge >= 0.3 is 6.09 Å². The number of likely N-dealkylation sites (tertiary alicyclic amines) is 1. The molecule has 2 saturated heterocycles. The third-order valence-corrected chi connectivity index (χ3v) is 6.97. The second kappa shape index (κ2) is 10.1. The van der Waals surface area contributed by atoms with Gasteiger partial charge in [0, 0.05) is 43.7 Å². The number of carbonyl (C=O) groups is 1. The Morgan fingerprint density at radius 2 is 1.65 bits per heavy atom. The number of benzene rings is 3. The van der Waals surface area contributed by atoms with Crippen molar-refractivity contribution < 1.29 is 27.4 Å². The topological polar surface area (TPSA) is 42.0 Å². The molecule has 5 nitrogen and oxygen atoms in total. The predicted molar refractivity (Wildman–Crippen MR) is 135 cm³/mol. The summed E-state index contributed by atoms with van der Waals surface area (Å²) in [6, 6.07) is 16.9. The highest BCUT2D eigenvalue weighted by Crippen LogP contribution is 2.37. The Morgan fingerprint density at radius 1 is 0.946 bits per heavy atom. The summed E-state index contributed by atoms with van der Waals surface area (Å²) in [5, 5.41) is 0. The second-order valence-electron chi connectivity index (χ2n) is 9.96. The molecule has 2 aliphatic heterocycles. The number of halogens is 3. The number of rotatable bonds is 6. The molecule has 0 unspecified atom stereocenters. The Morgan fingerprint density at radius 3 is 2.35 bits per heavy atom. The van der Waals surface area contributed by atoms with E-state index in [1.54, 1.807) is 17.0 Å². The molecular formula is C29H29F3N2O3. The highest BCUT2D eigenvalue weighted by atomic mass is 19.2. The van der Waals surface area contributed by atoms with Crippen LogP contribution in [0.4, 0.5) is 23.7 Å². The number of para-hydroxylation sites is 1. The van der Waals surface area contributed by atoms with Crippen molar-refractivity contribution in [3.63, 3.8) is 0 Å². The van der Waals surface area contributed by atoms with Crippen LogP contribution in [-0.2, 0) is 11.3 Å². The summed E-state index contributed by atoms with van der Waals surface area (Å²) < 4.78 is 54.0. The van der Waals surface area contributed by atoms with E-state index in [1.165, 1.54) is 6.07 Å². The molecule has 1 amide bonds. The fourth-order valence-corrected chi connectivity index (χ4v) is 5.09. The first-order valence-electron chi connectivity index (χ1n) is 12.5. The van der Waals surface area contributed by atoms with Crippen LogP contribution in [0.25, 0.3) is 11.1 Å². The Balaban J connectivity index is 1.35. The zero-order valence-corrected chi connectivity index (χ0v) is 20.8. The number of hydrogen-bond donors (Lipinski definition) is 0. The van der Waals surface area contributed by atoms with Crippen molar-refractivity contribution >= 4 is 11.8 Å². The summed E-state index contributed by atoms with van der Waals surface area (Å²) in [6.45, 7) is 6.08. The summed E-state index contributed by atoms with van der Waals surface area (Å²) in [5.74, 6) is -3.31. The minimum Gasteiger partial charge on any atom is -0.491 e. The van der Waals surface area contributed by atoms with Crippen molar-refractivity contribution in [1.82, 2.24) is 4.90 Å². The molecule has 0 atom stereocenters. The lowest BCUT2D eigenvalue weighted by atomic mass is 9.90. The van der Waals surface area contributed by atoms with E-state index >= 15 is 0 Å². The lowest BCUT2D eigenvalue weighted by molar-refractivity contribution is -0.000959. The second-order valence-corrected chi connectivity index (χ2v) is 9.96. The van der Waals surface area contributed by atoms with Gasteiger partial charge in [-0.25, -0.2) is 18.0 Å². The predicted octanol–water partition coefficient (Wildman–Crippen LogP) is 6.55. The van der Waals surface area contributed by atoms with Gasteiger partial charge in [0.05, 0.1) is 12.6 Å². The van der Waals surface area contributed by atoms with Crippen LogP contribution in [0, 0.1) is 17.5 Å². The van der Waals surface area contributed by atoms with Crippen LogP contribution in [0.15, 0.2) is 60.7 Å². The average molecular weight is 511 g/mol. The Bertz CT molecular complexity index is 1290. The maximum Gasteiger partial charge on any atom is 0.415 e. The van der Waals surface area contributed by atoms with E-state index < -0.39 is 23.1 Å². The zero-order valence-electron chi connectivity index (χ0n) is 20.8. The van der Waals surface area contributed by atoms with E-state index in [9.17, 15) is 18.0 Å². The molecule has 0 N–H and O–H groups in total. The number of amides is 1. The molecule has 0 aliphatic carbocycles. The summed E-state index contributed by atoms with van der Waals surface area (Å²) in [4.78, 5) is 16.5. The van der Waals surface area contributed by atoms with Crippen molar-refractivity contribution in [2.24, 2.45) is 0 Å². The normalized spacial score (nSPS) is 17.5. The first kappa shape index (κ1) is 25.1. The molecule has 2 fully saturated rings. The third-order valence-electron chi connectivity index (χ3n) is 6.97. The molecule has 3 aromatic rings. The molecule has 0 aromatic heterocycles. The minimum atomic E-state index is -1.49. The summed E-state index contributed by atoms with van der Waals surface area (Å²) >= 11 is 0. The van der Waals surface area contributed by atoms with E-state index in [1.807, 2.05) is 50.2 Å². The van der Waals surface area contributed by atoms with E-state index in [4.69, 9.17) is 9.47 Å². The number of carbonyl (C=O) groups excluding carboxylic acids is 1. The number of ether oxygens (including phenoxy) is 2. The standard InChI is InChI=1S/C29H29F3N2O3/c1-19(2)36-22-8-9-23(24-10-11-25(30)27(32)26(24)31)20(16-22)17-33-14-12-29(13-15-33)18-34(28(35)37-29)21-6-4-3-5-7-21/h3-11,16,19H,12-15,17-18H2,1-2H3. The first-order chi connectivity index (χ1) is 17.7. The van der Waals surface area contributed by atoms with Crippen LogP contribution in [0.3, 0.4) is 0 Å². The first-order valence-corrected chi connectivity index (χ1v) is 12.5. The van der Waals surface area contributed by atoms with Crippen LogP contribution in [-0.4, -0.2) is 42.3 Å². The van der Waals surface area contributed by atoms with Crippen LogP contribution in [0.1, 0.15) is 32.3 Å². The third kappa shape index (κ3) is 5.16. The Labute approximate surface area is 214 Å². The summed E-state index contributed by atoms with van der Waals surface area (Å²) in [7, 11) is 0. The van der Waals surface area contributed by atoms with Crippen molar-refractivity contribution in [3.8, 4) is 16.9 Å². The maximum absolute atomic E-state index is 14.7. The molecule has 8 heteroatoms. The van der Waals surface area contributed by atoms with Crippen molar-refractivity contribution in [3.05, 3.63) is 83.7 Å². The lowest BCUT2D eigenvalue weighted by Gasteiger charge is -2.37. The molecule has 2 aliphatic rings. The largest absolute Gasteiger partial charge is 0.491 e.